The van der Waals surface area contributed by atoms with E-state index in [1.807, 2.05) is 0 Å². The Kier molecular flexibility index (Phi) is 70.4. The number of unbranched alkanes of at least 4 members (excludes halogenated alkanes) is 27. The first-order valence-electron chi connectivity index (χ1n) is 30.7. The van der Waals surface area contributed by atoms with Crippen molar-refractivity contribution >= 4 is 0 Å². The number of allylic oxidation sites excluding steroid dienone is 2. The lowest BCUT2D eigenvalue weighted by Crippen LogP contribution is -2.36. The normalized spacial score (nSPS) is 12.1. The summed E-state index contributed by atoms with van der Waals surface area (Å²) in [7, 11) is 2.09. The predicted molar refractivity (Wildman–Crippen MR) is 316 cm³/mol. The van der Waals surface area contributed by atoms with Gasteiger partial charge in [-0.2, -0.15) is 0 Å². The second-order valence-corrected chi connectivity index (χ2v) is 20.9. The van der Waals surface area contributed by atoms with Crippen molar-refractivity contribution < 1.29 is 4.74 Å². The number of ether oxygens (including phenoxy) is 1. The maximum atomic E-state index is 5.36. The van der Waals surface area contributed by atoms with Crippen LogP contribution >= 0.6 is 0 Å². The molecule has 0 radical (unpaired) electrons. The molecule has 408 valence electrons. The summed E-state index contributed by atoms with van der Waals surface area (Å²) in [4.78, 5) is 2.78. The van der Waals surface area contributed by atoms with E-state index in [2.05, 4.69) is 106 Å². The van der Waals surface area contributed by atoms with Crippen LogP contribution < -0.4 is 5.32 Å². The summed E-state index contributed by atoms with van der Waals surface area (Å²) >= 11 is 0. The molecule has 0 aromatic carbocycles. The number of hydrogen-bond donors (Lipinski definition) is 1. The molecule has 0 rings (SSSR count). The number of nitrogens with zero attached hydrogens (tertiary/aromatic N) is 1. The molecular weight excluding hydrogens is 825 g/mol. The van der Waals surface area contributed by atoms with Gasteiger partial charge in [0.2, 0.25) is 0 Å². The van der Waals surface area contributed by atoms with Crippen LogP contribution in [-0.2, 0) is 4.74 Å². The molecule has 0 saturated heterocycles. The topological polar surface area (TPSA) is 24.5 Å². The molecule has 0 aromatic rings. The van der Waals surface area contributed by atoms with E-state index < -0.39 is 0 Å². The molecule has 0 aliphatic carbocycles. The summed E-state index contributed by atoms with van der Waals surface area (Å²) in [5.41, 5.74) is 2.90. The van der Waals surface area contributed by atoms with Crippen LogP contribution in [-0.4, -0.2) is 37.7 Å². The van der Waals surface area contributed by atoms with E-state index in [0.717, 1.165) is 25.0 Å². The molecule has 0 aromatic heterocycles. The summed E-state index contributed by atoms with van der Waals surface area (Å²) < 4.78 is 5.36. The highest BCUT2D eigenvalue weighted by atomic mass is 16.5. The van der Waals surface area contributed by atoms with E-state index in [0.29, 0.717) is 6.04 Å². The minimum atomic E-state index is 0.697. The fourth-order valence-electron chi connectivity index (χ4n) is 9.46. The van der Waals surface area contributed by atoms with Gasteiger partial charge in [0.1, 0.15) is 0 Å². The molecule has 1 N–H and O–H groups in total. The third-order valence-corrected chi connectivity index (χ3v) is 14.1. The van der Waals surface area contributed by atoms with E-state index in [1.54, 1.807) is 6.26 Å². The molecule has 0 amide bonds. The first-order chi connectivity index (χ1) is 33.3. The van der Waals surface area contributed by atoms with Crippen LogP contribution in [0.25, 0.3) is 0 Å². The van der Waals surface area contributed by atoms with Crippen molar-refractivity contribution in [3.63, 3.8) is 0 Å². The Bertz CT molecular complexity index is 937. The zero-order valence-corrected chi connectivity index (χ0v) is 49.0. The average Bonchev–Trinajstić information content (AvgIpc) is 3.35. The van der Waals surface area contributed by atoms with Gasteiger partial charge in [-0.3, -0.25) is 0 Å². The van der Waals surface area contributed by atoms with Gasteiger partial charge in [-0.1, -0.05) is 286 Å². The lowest BCUT2D eigenvalue weighted by atomic mass is 9.90. The van der Waals surface area contributed by atoms with E-state index in [4.69, 9.17) is 4.74 Å². The highest BCUT2D eigenvalue weighted by molar-refractivity contribution is 4.97. The van der Waals surface area contributed by atoms with Gasteiger partial charge in [0.25, 0.3) is 0 Å². The zero-order valence-electron chi connectivity index (χ0n) is 49.0. The van der Waals surface area contributed by atoms with Crippen molar-refractivity contribution in [3.8, 4) is 0 Å². The fourth-order valence-corrected chi connectivity index (χ4v) is 9.46. The summed E-state index contributed by atoms with van der Waals surface area (Å²) in [6.45, 7) is 40.0. The molecule has 0 aliphatic rings. The number of rotatable bonds is 51. The van der Waals surface area contributed by atoms with Crippen molar-refractivity contribution in [2.24, 2.45) is 11.8 Å². The van der Waals surface area contributed by atoms with Crippen LogP contribution in [0.15, 0.2) is 50.4 Å². The van der Waals surface area contributed by atoms with Crippen molar-refractivity contribution in [1.82, 2.24) is 10.2 Å². The first-order valence-corrected chi connectivity index (χ1v) is 30.7. The molecular formula is C65H132N2O. The van der Waals surface area contributed by atoms with Gasteiger partial charge in [0, 0.05) is 18.3 Å². The van der Waals surface area contributed by atoms with Gasteiger partial charge in [0.15, 0.2) is 0 Å². The highest BCUT2D eigenvalue weighted by Crippen LogP contribution is 2.26. The fraction of sp³-hybridized carbons (Fsp3) is 0.877. The van der Waals surface area contributed by atoms with Gasteiger partial charge in [-0.05, 0) is 89.6 Å². The molecule has 0 fully saturated rings. The summed E-state index contributed by atoms with van der Waals surface area (Å²) in [6, 6.07) is 0.697. The van der Waals surface area contributed by atoms with E-state index in [1.165, 1.54) is 287 Å². The molecule has 0 spiro atoms. The van der Waals surface area contributed by atoms with Crippen molar-refractivity contribution in [2.45, 2.75) is 331 Å². The molecule has 0 heterocycles. The minimum Gasteiger partial charge on any atom is -0.502 e. The Morgan fingerprint density at radius 1 is 0.485 bits per heavy atom. The third kappa shape index (κ3) is 58.8. The van der Waals surface area contributed by atoms with Gasteiger partial charge in [0.05, 0.1) is 12.9 Å². The van der Waals surface area contributed by atoms with Crippen LogP contribution in [0.3, 0.4) is 0 Å². The van der Waals surface area contributed by atoms with Crippen LogP contribution in [0, 0.1) is 11.8 Å². The lowest BCUT2D eigenvalue weighted by molar-refractivity contribution is 0.167. The average molecular weight is 958 g/mol. The Hall–Kier alpha value is -1.48. The Balaban J connectivity index is -0.000000573. The van der Waals surface area contributed by atoms with Gasteiger partial charge >= 0.3 is 0 Å². The van der Waals surface area contributed by atoms with Crippen LogP contribution in [0.2, 0.25) is 0 Å². The largest absolute Gasteiger partial charge is 0.502 e. The maximum Gasteiger partial charge on any atom is 0.0901 e. The van der Waals surface area contributed by atoms with Gasteiger partial charge < -0.3 is 15.0 Å². The first kappa shape index (κ1) is 73.1. The van der Waals surface area contributed by atoms with Crippen molar-refractivity contribution in [2.75, 3.05) is 26.7 Å². The van der Waals surface area contributed by atoms with E-state index in [9.17, 15) is 0 Å². The monoisotopic (exact) mass is 957 g/mol. The maximum absolute atomic E-state index is 5.36. The second-order valence-electron chi connectivity index (χ2n) is 20.9. The molecule has 3 unspecified atom stereocenters. The van der Waals surface area contributed by atoms with Crippen LogP contribution in [0.1, 0.15) is 325 Å². The van der Waals surface area contributed by atoms with Crippen molar-refractivity contribution in [1.29, 1.82) is 0 Å². The Morgan fingerprint density at radius 2 is 0.868 bits per heavy atom. The summed E-state index contributed by atoms with van der Waals surface area (Å²) in [5, 5.41) is 3.38. The molecule has 0 bridgehead atoms. The molecule has 3 atom stereocenters. The predicted octanol–water partition coefficient (Wildman–Crippen LogP) is 22.7. The smallest absolute Gasteiger partial charge is 0.0901 e. The number of nitrogens with one attached hydrogen (secondary N) is 1. The second kappa shape index (κ2) is 65.5. The molecule has 3 nitrogen and oxygen atoms in total. The minimum absolute atomic E-state index is 0.697. The summed E-state index contributed by atoms with van der Waals surface area (Å²) in [6.07, 6.45) is 59.1. The Labute approximate surface area is 433 Å². The van der Waals surface area contributed by atoms with E-state index >= 15 is 0 Å². The number of hydrogen-bond acceptors (Lipinski definition) is 3. The highest BCUT2D eigenvalue weighted by Gasteiger charge is 2.19. The third-order valence-electron chi connectivity index (χ3n) is 14.1. The van der Waals surface area contributed by atoms with Crippen LogP contribution in [0.5, 0.6) is 0 Å². The zero-order chi connectivity index (χ0) is 51.4. The molecule has 0 aliphatic heterocycles. The lowest BCUT2D eigenvalue weighted by Gasteiger charge is -2.36. The SMILES string of the molecule is C=C.C=C(CCC)CCCCCCCCC(CCCCCCCCC)N(CCCNC)C(=C)CCCCCCCC.C=COCC(CCCCCC)CC(C)CC.CCCCCCCCCCC. The molecule has 0 saturated carbocycles. The van der Waals surface area contributed by atoms with Gasteiger partial charge in [-0.15, -0.1) is 13.2 Å². The van der Waals surface area contributed by atoms with Crippen molar-refractivity contribution in [3.05, 3.63) is 50.4 Å². The standard InChI is InChI=1S/C37H74N2.C15H30O.C11H24.C2H4/c1-7-10-12-14-16-21-25-31-37(32-26-22-18-17-19-23-29-35(4)28-9-3)39(34-27-33-38-6)36(5)30-24-20-15-13-11-8-2;1-5-8-9-10-11-15(13-16-7-3)12-14(4)6-2;1-3-5-7-9-11-10-8-6-4-2;1-2/h37-38H,4-5,7-34H2,1-3,6H3;7,14-15H,3,5-6,8-13H2,1-2,4H3;3-11H2,1-2H3;1-2H2. The van der Waals surface area contributed by atoms with E-state index in [-0.39, 0.29) is 0 Å². The molecule has 68 heavy (non-hydrogen) atoms. The quantitative estimate of drug-likeness (QED) is 0.0374. The van der Waals surface area contributed by atoms with Gasteiger partial charge in [-0.25, -0.2) is 0 Å². The summed E-state index contributed by atoms with van der Waals surface area (Å²) in [5.74, 6) is 1.55. The molecule has 3 heteroatoms. The van der Waals surface area contributed by atoms with Crippen LogP contribution in [0.4, 0.5) is 0 Å². The Morgan fingerprint density at radius 3 is 1.26 bits per heavy atom.